The van der Waals surface area contributed by atoms with E-state index in [1.807, 2.05) is 0 Å². The lowest BCUT2D eigenvalue weighted by Crippen LogP contribution is -2.38. The topological polar surface area (TPSA) is 52.7 Å². The van der Waals surface area contributed by atoms with Gasteiger partial charge in [-0.15, -0.1) is 0 Å². The maximum atomic E-state index is 13.0. The molecular weight excluding hydrogens is 383 g/mol. The molecule has 1 aliphatic heterocycles. The number of halogens is 3. The summed E-state index contributed by atoms with van der Waals surface area (Å²) in [5.41, 5.74) is 1.16. The highest BCUT2D eigenvalue weighted by atomic mass is 19.4. The summed E-state index contributed by atoms with van der Waals surface area (Å²) in [5.74, 6) is -0.638. The van der Waals surface area contributed by atoms with Crippen LogP contribution in [0, 0.1) is 0 Å². The summed E-state index contributed by atoms with van der Waals surface area (Å²) >= 11 is 0. The van der Waals surface area contributed by atoms with Gasteiger partial charge in [0.25, 0.3) is 11.8 Å². The highest BCUT2D eigenvalue weighted by Crippen LogP contribution is 2.21. The quantitative estimate of drug-likeness (QED) is 0.845. The molecular formula is C21H22F3N3O2. The van der Waals surface area contributed by atoms with Crippen LogP contribution < -0.4 is 5.32 Å². The van der Waals surface area contributed by atoms with Crippen LogP contribution >= 0.6 is 0 Å². The van der Waals surface area contributed by atoms with Crippen LogP contribution in [0.2, 0.25) is 0 Å². The van der Waals surface area contributed by atoms with E-state index in [1.54, 1.807) is 59.5 Å². The predicted molar refractivity (Wildman–Crippen MR) is 104 cm³/mol. The highest BCUT2D eigenvalue weighted by molar-refractivity contribution is 6.09. The van der Waals surface area contributed by atoms with Gasteiger partial charge in [0.15, 0.2) is 0 Å². The van der Waals surface area contributed by atoms with Crippen LogP contribution in [0.25, 0.3) is 0 Å². The van der Waals surface area contributed by atoms with Crippen LogP contribution in [0.15, 0.2) is 54.6 Å². The Morgan fingerprint density at radius 3 is 2.31 bits per heavy atom. The molecule has 0 aliphatic carbocycles. The van der Waals surface area contributed by atoms with E-state index >= 15 is 0 Å². The molecule has 29 heavy (non-hydrogen) atoms. The zero-order valence-corrected chi connectivity index (χ0v) is 15.8. The van der Waals surface area contributed by atoms with Crippen LogP contribution in [-0.2, 0) is 0 Å². The lowest BCUT2D eigenvalue weighted by atomic mass is 10.1. The average Bonchev–Trinajstić information content (AvgIpc) is 2.92. The first-order valence-corrected chi connectivity index (χ1v) is 9.37. The summed E-state index contributed by atoms with van der Waals surface area (Å²) in [6.07, 6.45) is -3.80. The van der Waals surface area contributed by atoms with Crippen molar-refractivity contribution in [1.29, 1.82) is 0 Å². The Morgan fingerprint density at radius 2 is 1.59 bits per heavy atom. The van der Waals surface area contributed by atoms with Crippen LogP contribution in [0.4, 0.5) is 18.9 Å². The maximum Gasteiger partial charge on any atom is 0.401 e. The Labute approximate surface area is 167 Å². The Kier molecular flexibility index (Phi) is 6.53. The molecule has 3 rings (SSSR count). The number of nitrogens with zero attached hydrogens (tertiary/aromatic N) is 2. The number of hydrogen-bond acceptors (Lipinski definition) is 3. The Hall–Kier alpha value is -2.87. The number of benzene rings is 2. The smallest absolute Gasteiger partial charge is 0.337 e. The van der Waals surface area contributed by atoms with Crippen LogP contribution in [0.1, 0.15) is 27.1 Å². The van der Waals surface area contributed by atoms with Crippen molar-refractivity contribution in [3.63, 3.8) is 0 Å². The van der Waals surface area contributed by atoms with Crippen molar-refractivity contribution in [2.45, 2.75) is 12.6 Å². The Bertz CT molecular complexity index is 856. The maximum absolute atomic E-state index is 13.0. The molecule has 0 bridgehead atoms. The molecule has 0 radical (unpaired) electrons. The molecule has 1 aliphatic rings. The molecule has 1 saturated heterocycles. The van der Waals surface area contributed by atoms with Gasteiger partial charge in [0.05, 0.1) is 17.8 Å². The van der Waals surface area contributed by atoms with Gasteiger partial charge in [-0.05, 0) is 30.7 Å². The van der Waals surface area contributed by atoms with Crippen LogP contribution in [0.5, 0.6) is 0 Å². The summed E-state index contributed by atoms with van der Waals surface area (Å²) in [6.45, 7) is 0.0439. The lowest BCUT2D eigenvalue weighted by molar-refractivity contribution is -0.145. The van der Waals surface area contributed by atoms with Gasteiger partial charge in [0.2, 0.25) is 0 Å². The second-order valence-corrected chi connectivity index (χ2v) is 6.90. The van der Waals surface area contributed by atoms with E-state index < -0.39 is 12.7 Å². The van der Waals surface area contributed by atoms with Gasteiger partial charge in [-0.1, -0.05) is 30.3 Å². The molecule has 1 heterocycles. The van der Waals surface area contributed by atoms with Gasteiger partial charge in [-0.3, -0.25) is 14.5 Å². The molecule has 0 aromatic heterocycles. The number of para-hydroxylation sites is 1. The first kappa shape index (κ1) is 20.9. The predicted octanol–water partition coefficient (Wildman–Crippen LogP) is 3.65. The van der Waals surface area contributed by atoms with Gasteiger partial charge < -0.3 is 10.2 Å². The summed E-state index contributed by atoms with van der Waals surface area (Å²) in [6, 6.07) is 15.3. The number of amides is 2. The van der Waals surface area contributed by atoms with Gasteiger partial charge in [0.1, 0.15) is 0 Å². The van der Waals surface area contributed by atoms with E-state index in [0.29, 0.717) is 29.8 Å². The second kappa shape index (κ2) is 9.09. The first-order chi connectivity index (χ1) is 13.8. The van der Waals surface area contributed by atoms with Crippen molar-refractivity contribution in [2.75, 3.05) is 38.0 Å². The number of carbonyl (C=O) groups is 2. The number of carbonyl (C=O) groups excluding carboxylic acids is 2. The average molecular weight is 405 g/mol. The normalized spacial score (nSPS) is 15.6. The van der Waals surface area contributed by atoms with Crippen molar-refractivity contribution in [2.24, 2.45) is 0 Å². The van der Waals surface area contributed by atoms with Crippen LogP contribution in [0.3, 0.4) is 0 Å². The molecule has 0 unspecified atom stereocenters. The number of alkyl halides is 3. The minimum Gasteiger partial charge on any atom is -0.337 e. The number of rotatable bonds is 4. The summed E-state index contributed by atoms with van der Waals surface area (Å²) < 4.78 is 37.9. The fraction of sp³-hybridized carbons (Fsp3) is 0.333. The van der Waals surface area contributed by atoms with Crippen molar-refractivity contribution in [3.05, 3.63) is 65.7 Å². The van der Waals surface area contributed by atoms with E-state index in [9.17, 15) is 22.8 Å². The SMILES string of the molecule is O=C(Nc1ccccc1C(=O)N1CCCN(CC(F)(F)F)CC1)c1ccccc1. The third kappa shape index (κ3) is 5.80. The Morgan fingerprint density at radius 1 is 0.897 bits per heavy atom. The molecule has 1 N–H and O–H groups in total. The van der Waals surface area contributed by atoms with Crippen molar-refractivity contribution < 1.29 is 22.8 Å². The molecule has 8 heteroatoms. The summed E-state index contributed by atoms with van der Waals surface area (Å²) in [7, 11) is 0. The van der Waals surface area contributed by atoms with Gasteiger partial charge in [0, 0.05) is 31.7 Å². The van der Waals surface area contributed by atoms with Crippen LogP contribution in [-0.4, -0.2) is 60.5 Å². The van der Waals surface area contributed by atoms with E-state index in [4.69, 9.17) is 0 Å². The zero-order chi connectivity index (χ0) is 20.9. The van der Waals surface area contributed by atoms with E-state index in [1.165, 1.54) is 4.90 Å². The summed E-state index contributed by atoms with van der Waals surface area (Å²) in [5, 5.41) is 2.76. The van der Waals surface area contributed by atoms with E-state index in [-0.39, 0.29) is 31.4 Å². The molecule has 1 fully saturated rings. The molecule has 2 aromatic carbocycles. The fourth-order valence-corrected chi connectivity index (χ4v) is 3.32. The number of nitrogens with one attached hydrogen (secondary N) is 1. The first-order valence-electron chi connectivity index (χ1n) is 9.37. The molecule has 2 amide bonds. The van der Waals surface area contributed by atoms with E-state index in [0.717, 1.165) is 0 Å². The van der Waals surface area contributed by atoms with Crippen molar-refractivity contribution in [3.8, 4) is 0 Å². The lowest BCUT2D eigenvalue weighted by Gasteiger charge is -2.23. The molecule has 0 spiro atoms. The molecule has 0 saturated carbocycles. The number of hydrogen-bond donors (Lipinski definition) is 1. The Balaban J connectivity index is 1.70. The monoisotopic (exact) mass is 405 g/mol. The number of anilines is 1. The zero-order valence-electron chi connectivity index (χ0n) is 15.8. The molecule has 0 atom stereocenters. The standard InChI is InChI=1S/C21H22F3N3O2/c22-21(23,24)15-26-11-6-12-27(14-13-26)20(29)17-9-4-5-10-18(17)25-19(28)16-7-2-1-3-8-16/h1-5,7-10H,6,11-15H2,(H,25,28). The second-order valence-electron chi connectivity index (χ2n) is 6.90. The largest absolute Gasteiger partial charge is 0.401 e. The fourth-order valence-electron chi connectivity index (χ4n) is 3.32. The highest BCUT2D eigenvalue weighted by Gasteiger charge is 2.32. The van der Waals surface area contributed by atoms with Gasteiger partial charge in [-0.25, -0.2) is 0 Å². The third-order valence-corrected chi connectivity index (χ3v) is 4.72. The molecule has 2 aromatic rings. The van der Waals surface area contributed by atoms with Crippen molar-refractivity contribution >= 4 is 17.5 Å². The molecule has 154 valence electrons. The van der Waals surface area contributed by atoms with Gasteiger partial charge in [-0.2, -0.15) is 13.2 Å². The van der Waals surface area contributed by atoms with E-state index in [2.05, 4.69) is 5.32 Å². The van der Waals surface area contributed by atoms with Gasteiger partial charge >= 0.3 is 6.18 Å². The minimum atomic E-state index is -4.26. The third-order valence-electron chi connectivity index (χ3n) is 4.72. The molecule has 5 nitrogen and oxygen atoms in total. The van der Waals surface area contributed by atoms with Crippen molar-refractivity contribution in [1.82, 2.24) is 9.80 Å². The summed E-state index contributed by atoms with van der Waals surface area (Å²) in [4.78, 5) is 28.3. The minimum absolute atomic E-state index is 0.157.